The number of amides is 2. The summed E-state index contributed by atoms with van der Waals surface area (Å²) in [5.74, 6) is -0.300. The van der Waals surface area contributed by atoms with E-state index >= 15 is 0 Å². The molecule has 142 valence electrons. The Balaban J connectivity index is 1.54. The monoisotopic (exact) mass is 378 g/mol. The van der Waals surface area contributed by atoms with Crippen LogP contribution >= 0.6 is 0 Å². The maximum absolute atomic E-state index is 12.5. The largest absolute Gasteiger partial charge is 0.493 e. The van der Waals surface area contributed by atoms with Gasteiger partial charge in [0.1, 0.15) is 5.75 Å². The Bertz CT molecular complexity index is 835. The number of benzene rings is 2. The number of ether oxygens (including phenoxy) is 1. The van der Waals surface area contributed by atoms with Crippen molar-refractivity contribution in [2.24, 2.45) is 0 Å². The lowest BCUT2D eigenvalue weighted by atomic mass is 10.0. The minimum Gasteiger partial charge on any atom is -0.493 e. The maximum Gasteiger partial charge on any atom is 0.416 e. The van der Waals surface area contributed by atoms with E-state index in [0.29, 0.717) is 18.8 Å². The molecule has 0 radical (unpaired) electrons. The van der Waals surface area contributed by atoms with E-state index in [1.54, 1.807) is 0 Å². The van der Waals surface area contributed by atoms with Crippen molar-refractivity contribution in [1.29, 1.82) is 0 Å². The molecule has 0 saturated carbocycles. The highest BCUT2D eigenvalue weighted by Gasteiger charge is 2.30. The first-order valence-corrected chi connectivity index (χ1v) is 8.31. The molecule has 1 aliphatic heterocycles. The first-order valence-electron chi connectivity index (χ1n) is 8.31. The first kappa shape index (κ1) is 18.8. The van der Waals surface area contributed by atoms with Crippen molar-refractivity contribution in [2.45, 2.75) is 18.6 Å². The molecular weight excluding hydrogens is 361 g/mol. The summed E-state index contributed by atoms with van der Waals surface area (Å²) in [6.07, 6.45) is -3.86. The molecule has 2 aromatic rings. The van der Waals surface area contributed by atoms with Gasteiger partial charge in [-0.1, -0.05) is 18.2 Å². The fraction of sp³-hybridized carbons (Fsp3) is 0.263. The van der Waals surface area contributed by atoms with E-state index in [2.05, 4.69) is 10.6 Å². The Labute approximate surface area is 153 Å². The van der Waals surface area contributed by atoms with Gasteiger partial charge in [-0.25, -0.2) is 0 Å². The van der Waals surface area contributed by atoms with E-state index in [-0.39, 0.29) is 18.2 Å². The second-order valence-corrected chi connectivity index (χ2v) is 6.05. The van der Waals surface area contributed by atoms with Gasteiger partial charge in [0.05, 0.1) is 24.8 Å². The van der Waals surface area contributed by atoms with Crippen LogP contribution < -0.4 is 15.4 Å². The Morgan fingerprint density at radius 3 is 2.48 bits per heavy atom. The van der Waals surface area contributed by atoms with Crippen molar-refractivity contribution in [3.8, 4) is 5.75 Å². The number of carbonyl (C=O) groups excluding carboxylic acids is 2. The molecule has 1 atom stereocenters. The predicted molar refractivity (Wildman–Crippen MR) is 91.2 cm³/mol. The lowest BCUT2D eigenvalue weighted by Crippen LogP contribution is -2.40. The topological polar surface area (TPSA) is 67.4 Å². The molecular formula is C19H17F3N2O3. The number of nitrogens with one attached hydrogen (secondary N) is 2. The minimum atomic E-state index is -4.46. The smallest absolute Gasteiger partial charge is 0.416 e. The van der Waals surface area contributed by atoms with E-state index < -0.39 is 23.6 Å². The van der Waals surface area contributed by atoms with Gasteiger partial charge in [-0.2, -0.15) is 13.2 Å². The van der Waals surface area contributed by atoms with Crippen molar-refractivity contribution in [3.63, 3.8) is 0 Å². The number of hydrogen-bond acceptors (Lipinski definition) is 3. The lowest BCUT2D eigenvalue weighted by molar-refractivity contribution is -0.137. The summed E-state index contributed by atoms with van der Waals surface area (Å²) in [7, 11) is 0. The highest BCUT2D eigenvalue weighted by molar-refractivity contribution is 5.96. The number of hydrogen-bond donors (Lipinski definition) is 2. The second-order valence-electron chi connectivity index (χ2n) is 6.05. The normalized spacial score (nSPS) is 16.0. The number of halogens is 3. The van der Waals surface area contributed by atoms with Gasteiger partial charge in [-0.3, -0.25) is 9.59 Å². The lowest BCUT2D eigenvalue weighted by Gasteiger charge is -2.26. The first-order chi connectivity index (χ1) is 12.8. The molecule has 8 heteroatoms. The molecule has 1 heterocycles. The fourth-order valence-electron chi connectivity index (χ4n) is 2.81. The van der Waals surface area contributed by atoms with Crippen LogP contribution in [0.15, 0.2) is 48.5 Å². The number of fused-ring (bicyclic) bond motifs is 1. The van der Waals surface area contributed by atoms with Crippen molar-refractivity contribution in [1.82, 2.24) is 10.6 Å². The molecule has 0 unspecified atom stereocenters. The predicted octanol–water partition coefficient (Wildman–Crippen LogP) is 3.08. The van der Waals surface area contributed by atoms with Crippen LogP contribution in [0.2, 0.25) is 0 Å². The zero-order valence-electron chi connectivity index (χ0n) is 14.2. The molecule has 0 aromatic heterocycles. The minimum absolute atomic E-state index is 0.0483. The van der Waals surface area contributed by atoms with E-state index in [1.807, 2.05) is 24.3 Å². The van der Waals surface area contributed by atoms with Gasteiger partial charge in [0.2, 0.25) is 5.91 Å². The molecule has 0 bridgehead atoms. The number of alkyl halides is 3. The van der Waals surface area contributed by atoms with Crippen LogP contribution in [0.5, 0.6) is 5.75 Å². The zero-order valence-corrected chi connectivity index (χ0v) is 14.2. The van der Waals surface area contributed by atoms with Crippen LogP contribution in [0.25, 0.3) is 0 Å². The third-order valence-corrected chi connectivity index (χ3v) is 4.18. The summed E-state index contributed by atoms with van der Waals surface area (Å²) in [5.41, 5.74) is 0.0772. The maximum atomic E-state index is 12.5. The van der Waals surface area contributed by atoms with E-state index in [1.165, 1.54) is 0 Å². The van der Waals surface area contributed by atoms with Crippen LogP contribution in [0, 0.1) is 0 Å². The SMILES string of the molecule is O=C(CNC(=O)c1ccc(C(F)(F)F)cc1)N[C@@H]1CCOc2ccccc21. The van der Waals surface area contributed by atoms with Crippen LogP contribution in [0.1, 0.15) is 33.9 Å². The summed E-state index contributed by atoms with van der Waals surface area (Å²) < 4.78 is 43.1. The van der Waals surface area contributed by atoms with Gasteiger partial charge in [-0.15, -0.1) is 0 Å². The quantitative estimate of drug-likeness (QED) is 0.859. The van der Waals surface area contributed by atoms with E-state index in [4.69, 9.17) is 4.74 Å². The molecule has 1 aliphatic rings. The fourth-order valence-corrected chi connectivity index (χ4v) is 2.81. The summed E-state index contributed by atoms with van der Waals surface area (Å²) in [6, 6.07) is 11.0. The molecule has 2 aromatic carbocycles. The van der Waals surface area contributed by atoms with Crippen molar-refractivity contribution in [2.75, 3.05) is 13.2 Å². The van der Waals surface area contributed by atoms with Gasteiger partial charge < -0.3 is 15.4 Å². The number of para-hydroxylation sites is 1. The van der Waals surface area contributed by atoms with E-state index in [9.17, 15) is 22.8 Å². The van der Waals surface area contributed by atoms with Crippen LogP contribution in [0.3, 0.4) is 0 Å². The van der Waals surface area contributed by atoms with Crippen LogP contribution in [-0.4, -0.2) is 25.0 Å². The molecule has 0 fully saturated rings. The van der Waals surface area contributed by atoms with Crippen LogP contribution in [0.4, 0.5) is 13.2 Å². The zero-order chi connectivity index (χ0) is 19.4. The van der Waals surface area contributed by atoms with Gasteiger partial charge in [0.25, 0.3) is 5.91 Å². The summed E-state index contributed by atoms with van der Waals surface area (Å²) in [6.45, 7) is 0.194. The molecule has 0 aliphatic carbocycles. The molecule has 3 rings (SSSR count). The standard InChI is InChI=1S/C19H17F3N2O3/c20-19(21,22)13-7-5-12(6-8-13)18(26)23-11-17(25)24-15-9-10-27-16-4-2-1-3-14(15)16/h1-8,15H,9-11H2,(H,23,26)(H,24,25)/t15-/m1/s1. The van der Waals surface area contributed by atoms with Gasteiger partial charge >= 0.3 is 6.18 Å². The summed E-state index contributed by atoms with van der Waals surface area (Å²) >= 11 is 0. The van der Waals surface area contributed by atoms with Gasteiger partial charge in [-0.05, 0) is 30.3 Å². The molecule has 2 amide bonds. The van der Waals surface area contributed by atoms with Gasteiger partial charge in [0.15, 0.2) is 0 Å². The molecule has 27 heavy (non-hydrogen) atoms. The van der Waals surface area contributed by atoms with Crippen LogP contribution in [-0.2, 0) is 11.0 Å². The van der Waals surface area contributed by atoms with Crippen molar-refractivity contribution < 1.29 is 27.5 Å². The summed E-state index contributed by atoms with van der Waals surface area (Å²) in [4.78, 5) is 24.1. The Morgan fingerprint density at radius 1 is 1.07 bits per heavy atom. The average Bonchev–Trinajstić information content (AvgIpc) is 2.66. The highest BCUT2D eigenvalue weighted by Crippen LogP contribution is 2.31. The second kappa shape index (κ2) is 7.69. The third kappa shape index (κ3) is 4.58. The highest BCUT2D eigenvalue weighted by atomic mass is 19.4. The number of carbonyl (C=O) groups is 2. The Hall–Kier alpha value is -3.03. The number of rotatable bonds is 4. The molecule has 5 nitrogen and oxygen atoms in total. The van der Waals surface area contributed by atoms with Gasteiger partial charge in [0, 0.05) is 17.5 Å². The third-order valence-electron chi connectivity index (χ3n) is 4.18. The Morgan fingerprint density at radius 2 is 1.78 bits per heavy atom. The Kier molecular flexibility index (Phi) is 5.34. The molecule has 0 spiro atoms. The van der Waals surface area contributed by atoms with Crippen molar-refractivity contribution >= 4 is 11.8 Å². The molecule has 2 N–H and O–H groups in total. The van der Waals surface area contributed by atoms with E-state index in [0.717, 1.165) is 29.8 Å². The van der Waals surface area contributed by atoms with Crippen molar-refractivity contribution in [3.05, 3.63) is 65.2 Å². The average molecular weight is 378 g/mol. The summed E-state index contributed by atoms with van der Waals surface area (Å²) in [5, 5.41) is 5.24. The molecule has 0 saturated heterocycles.